The minimum atomic E-state index is -1.01. The lowest BCUT2D eigenvalue weighted by atomic mass is 10.1. The second kappa shape index (κ2) is 9.28. The number of benzene rings is 2. The molecule has 27 heavy (non-hydrogen) atoms. The maximum Gasteiger partial charge on any atom is 0.344 e. The predicted molar refractivity (Wildman–Crippen MR) is 104 cm³/mol. The predicted octanol–water partition coefficient (Wildman–Crippen LogP) is 3.91. The number of nitrogens with one attached hydrogen (secondary N) is 1. The smallest absolute Gasteiger partial charge is 0.344 e. The van der Waals surface area contributed by atoms with Crippen LogP contribution < -0.4 is 14.8 Å². The van der Waals surface area contributed by atoms with Crippen LogP contribution in [0.15, 0.2) is 36.4 Å². The van der Waals surface area contributed by atoms with Crippen molar-refractivity contribution in [3.05, 3.63) is 52.5 Å². The molecule has 2 rings (SSSR count). The van der Waals surface area contributed by atoms with Crippen LogP contribution in [-0.2, 0) is 14.3 Å². The van der Waals surface area contributed by atoms with Crippen LogP contribution in [0.4, 0.5) is 5.69 Å². The number of amides is 1. The first-order chi connectivity index (χ1) is 12.8. The largest absolute Gasteiger partial charge is 0.495 e. The number of anilines is 1. The summed E-state index contributed by atoms with van der Waals surface area (Å²) in [5.74, 6) is -0.125. The third-order valence-electron chi connectivity index (χ3n) is 3.65. The Balaban J connectivity index is 1.90. The highest BCUT2D eigenvalue weighted by atomic mass is 35.5. The normalized spacial score (nSPS) is 11.4. The van der Waals surface area contributed by atoms with Crippen LogP contribution in [0.3, 0.4) is 0 Å². The fraction of sp³-hybridized carbons (Fsp3) is 0.300. The SMILES string of the molecule is COc1ccc(Cl)cc1NC(=O)[C@@H](C)OC(=O)COc1cc(C)cc(C)c1. The summed E-state index contributed by atoms with van der Waals surface area (Å²) in [6.07, 6.45) is -1.01. The third-order valence-corrected chi connectivity index (χ3v) is 3.88. The zero-order valence-corrected chi connectivity index (χ0v) is 16.4. The topological polar surface area (TPSA) is 73.9 Å². The zero-order chi connectivity index (χ0) is 20.0. The minimum absolute atomic E-state index is 0.291. The summed E-state index contributed by atoms with van der Waals surface area (Å²) in [5, 5.41) is 3.07. The summed E-state index contributed by atoms with van der Waals surface area (Å²) in [5.41, 5.74) is 2.45. The summed E-state index contributed by atoms with van der Waals surface area (Å²) in [6, 6.07) is 10.5. The summed E-state index contributed by atoms with van der Waals surface area (Å²) in [4.78, 5) is 24.2. The lowest BCUT2D eigenvalue weighted by molar-refractivity contribution is -0.155. The average molecular weight is 392 g/mol. The molecule has 0 aromatic heterocycles. The summed E-state index contributed by atoms with van der Waals surface area (Å²) in [6.45, 7) is 5.06. The lowest BCUT2D eigenvalue weighted by Gasteiger charge is -2.15. The number of carbonyl (C=O) groups excluding carboxylic acids is 2. The van der Waals surface area contributed by atoms with E-state index in [9.17, 15) is 9.59 Å². The van der Waals surface area contributed by atoms with Gasteiger partial charge in [-0.15, -0.1) is 0 Å². The van der Waals surface area contributed by atoms with Crippen LogP contribution in [-0.4, -0.2) is 31.7 Å². The lowest BCUT2D eigenvalue weighted by Crippen LogP contribution is -2.31. The molecule has 144 valence electrons. The highest BCUT2D eigenvalue weighted by Crippen LogP contribution is 2.27. The van der Waals surface area contributed by atoms with E-state index in [1.54, 1.807) is 18.2 Å². The van der Waals surface area contributed by atoms with Crippen molar-refractivity contribution in [2.45, 2.75) is 26.9 Å². The van der Waals surface area contributed by atoms with Gasteiger partial charge in [-0.05, 0) is 62.2 Å². The molecule has 2 aromatic carbocycles. The van der Waals surface area contributed by atoms with Gasteiger partial charge in [-0.2, -0.15) is 0 Å². The van der Waals surface area contributed by atoms with Crippen molar-refractivity contribution < 1.29 is 23.8 Å². The number of hydrogen-bond donors (Lipinski definition) is 1. The molecule has 0 radical (unpaired) electrons. The Morgan fingerprint density at radius 1 is 1.11 bits per heavy atom. The zero-order valence-electron chi connectivity index (χ0n) is 15.7. The molecule has 0 heterocycles. The van der Waals surface area contributed by atoms with Crippen molar-refractivity contribution in [1.82, 2.24) is 0 Å². The minimum Gasteiger partial charge on any atom is -0.495 e. The molecular formula is C20H22ClNO5. The molecule has 1 N–H and O–H groups in total. The fourth-order valence-corrected chi connectivity index (χ4v) is 2.63. The van der Waals surface area contributed by atoms with Crippen molar-refractivity contribution in [1.29, 1.82) is 0 Å². The second-order valence-corrected chi connectivity index (χ2v) is 6.51. The highest BCUT2D eigenvalue weighted by Gasteiger charge is 2.20. The number of carbonyl (C=O) groups is 2. The summed E-state index contributed by atoms with van der Waals surface area (Å²) >= 11 is 5.93. The second-order valence-electron chi connectivity index (χ2n) is 6.08. The van der Waals surface area contributed by atoms with E-state index >= 15 is 0 Å². The van der Waals surface area contributed by atoms with E-state index in [-0.39, 0.29) is 6.61 Å². The van der Waals surface area contributed by atoms with E-state index < -0.39 is 18.0 Å². The first kappa shape index (κ1) is 20.6. The van der Waals surface area contributed by atoms with E-state index in [2.05, 4.69) is 5.32 Å². The number of hydrogen-bond acceptors (Lipinski definition) is 5. The molecule has 0 aliphatic heterocycles. The Kier molecular flexibility index (Phi) is 7.07. The standard InChI is InChI=1S/C20H22ClNO5/c1-12-7-13(2)9-16(8-12)26-11-19(23)27-14(3)20(24)22-17-10-15(21)5-6-18(17)25-4/h5-10,14H,11H2,1-4H3,(H,22,24)/t14-/m1/s1. The maximum atomic E-state index is 12.3. The Morgan fingerprint density at radius 2 is 1.78 bits per heavy atom. The van der Waals surface area contributed by atoms with Crippen molar-refractivity contribution >= 4 is 29.2 Å². The van der Waals surface area contributed by atoms with Crippen LogP contribution >= 0.6 is 11.6 Å². The third kappa shape index (κ3) is 6.18. The van der Waals surface area contributed by atoms with Crippen LogP contribution in [0.2, 0.25) is 5.02 Å². The summed E-state index contributed by atoms with van der Waals surface area (Å²) < 4.78 is 15.7. The molecule has 1 amide bonds. The van der Waals surface area contributed by atoms with Crippen LogP contribution in [0, 0.1) is 13.8 Å². The molecule has 0 unspecified atom stereocenters. The van der Waals surface area contributed by atoms with Gasteiger partial charge >= 0.3 is 5.97 Å². The van der Waals surface area contributed by atoms with Gasteiger partial charge in [-0.1, -0.05) is 17.7 Å². The van der Waals surface area contributed by atoms with Crippen molar-refractivity contribution in [2.75, 3.05) is 19.0 Å². The molecule has 7 heteroatoms. The van der Waals surface area contributed by atoms with Gasteiger partial charge in [-0.25, -0.2) is 4.79 Å². The van der Waals surface area contributed by atoms with Crippen LogP contribution in [0.1, 0.15) is 18.1 Å². The molecule has 0 aliphatic carbocycles. The number of aryl methyl sites for hydroxylation is 2. The first-order valence-electron chi connectivity index (χ1n) is 8.33. The number of esters is 1. The molecule has 0 fully saturated rings. The van der Waals surface area contributed by atoms with Crippen LogP contribution in [0.25, 0.3) is 0 Å². The van der Waals surface area contributed by atoms with Gasteiger partial charge in [0.1, 0.15) is 11.5 Å². The molecule has 0 spiro atoms. The van der Waals surface area contributed by atoms with E-state index in [0.29, 0.717) is 22.2 Å². The molecule has 1 atom stereocenters. The van der Waals surface area contributed by atoms with Crippen molar-refractivity contribution in [2.24, 2.45) is 0 Å². The van der Waals surface area contributed by atoms with Gasteiger partial charge in [0, 0.05) is 5.02 Å². The number of rotatable bonds is 7. The Bertz CT molecular complexity index is 817. The average Bonchev–Trinajstić information content (AvgIpc) is 2.59. The number of methoxy groups -OCH3 is 1. The number of ether oxygens (including phenoxy) is 3. The Labute approximate surface area is 163 Å². The highest BCUT2D eigenvalue weighted by molar-refractivity contribution is 6.31. The number of halogens is 1. The quantitative estimate of drug-likeness (QED) is 0.724. The van der Waals surface area contributed by atoms with Gasteiger partial charge < -0.3 is 19.5 Å². The van der Waals surface area contributed by atoms with E-state index in [4.69, 9.17) is 25.8 Å². The molecule has 0 aliphatic rings. The van der Waals surface area contributed by atoms with Crippen molar-refractivity contribution in [3.8, 4) is 11.5 Å². The Hall–Kier alpha value is -2.73. The van der Waals surface area contributed by atoms with E-state index in [0.717, 1.165) is 11.1 Å². The molecule has 2 aromatic rings. The molecule has 6 nitrogen and oxygen atoms in total. The maximum absolute atomic E-state index is 12.3. The molecule has 0 saturated carbocycles. The van der Waals surface area contributed by atoms with Crippen LogP contribution in [0.5, 0.6) is 11.5 Å². The molecular weight excluding hydrogens is 370 g/mol. The molecule has 0 bridgehead atoms. The van der Waals surface area contributed by atoms with Crippen molar-refractivity contribution in [3.63, 3.8) is 0 Å². The van der Waals surface area contributed by atoms with Gasteiger partial charge in [0.2, 0.25) is 0 Å². The summed E-state index contributed by atoms with van der Waals surface area (Å²) in [7, 11) is 1.48. The molecule has 0 saturated heterocycles. The first-order valence-corrected chi connectivity index (χ1v) is 8.71. The van der Waals surface area contributed by atoms with Gasteiger partial charge in [0.15, 0.2) is 12.7 Å². The van der Waals surface area contributed by atoms with Gasteiger partial charge in [0.05, 0.1) is 12.8 Å². The van der Waals surface area contributed by atoms with Gasteiger partial charge in [0.25, 0.3) is 5.91 Å². The van der Waals surface area contributed by atoms with E-state index in [1.807, 2.05) is 32.0 Å². The fourth-order valence-electron chi connectivity index (χ4n) is 2.46. The van der Waals surface area contributed by atoms with E-state index in [1.165, 1.54) is 14.0 Å². The Morgan fingerprint density at radius 3 is 2.41 bits per heavy atom. The van der Waals surface area contributed by atoms with Gasteiger partial charge in [-0.3, -0.25) is 4.79 Å². The monoisotopic (exact) mass is 391 g/mol.